The van der Waals surface area contributed by atoms with Gasteiger partial charge in [-0.05, 0) is 6.07 Å². The van der Waals surface area contributed by atoms with E-state index in [1.54, 1.807) is 29.8 Å². The van der Waals surface area contributed by atoms with E-state index in [2.05, 4.69) is 10.8 Å². The highest BCUT2D eigenvalue weighted by atomic mass is 32.1. The zero-order chi connectivity index (χ0) is 6.97. The first-order valence-electron chi connectivity index (χ1n) is 2.76. The molecule has 0 spiro atoms. The summed E-state index contributed by atoms with van der Waals surface area (Å²) in [4.78, 5) is 0. The lowest BCUT2D eigenvalue weighted by Crippen LogP contribution is -1.76. The van der Waals surface area contributed by atoms with Crippen LogP contribution in [0.5, 0.6) is 5.75 Å². The van der Waals surface area contributed by atoms with E-state index in [1.807, 2.05) is 6.07 Å². The molecule has 0 fully saturated rings. The molecule has 0 aliphatic heterocycles. The average molecular weight is 168 g/mol. The first kappa shape index (κ1) is 6.19. The number of methoxy groups -OCH3 is 1. The van der Waals surface area contributed by atoms with Crippen LogP contribution in [0.2, 0.25) is 0 Å². The number of fused-ring (bicyclic) bond motifs is 1. The summed E-state index contributed by atoms with van der Waals surface area (Å²) in [6, 6.07) is 1.96. The fraction of sp³-hybridized carbons (Fsp3) is 0.143. The van der Waals surface area contributed by atoms with Gasteiger partial charge in [-0.15, -0.1) is 22.7 Å². The first-order valence-corrected chi connectivity index (χ1v) is 4.39. The zero-order valence-electron chi connectivity index (χ0n) is 5.30. The number of hydrogen-bond acceptors (Lipinski definition) is 3. The average Bonchev–Trinajstić information content (AvgIpc) is 2.44. The molecule has 2 heterocycles. The highest BCUT2D eigenvalue weighted by molar-refractivity contribution is 7.26. The van der Waals surface area contributed by atoms with Gasteiger partial charge < -0.3 is 4.74 Å². The molecule has 2 radical (unpaired) electrons. The number of thiophene rings is 2. The lowest BCUT2D eigenvalue weighted by molar-refractivity contribution is 0.421. The second kappa shape index (κ2) is 2.25. The molecule has 50 valence electrons. The molecule has 0 aliphatic rings. The molecule has 0 aromatic carbocycles. The van der Waals surface area contributed by atoms with Crippen molar-refractivity contribution in [3.05, 3.63) is 16.8 Å². The molecule has 0 atom stereocenters. The van der Waals surface area contributed by atoms with Crippen molar-refractivity contribution in [2.24, 2.45) is 0 Å². The smallest absolute Gasteiger partial charge is 0.156 e. The van der Waals surface area contributed by atoms with Crippen molar-refractivity contribution in [1.82, 2.24) is 0 Å². The Morgan fingerprint density at radius 2 is 2.40 bits per heavy atom. The maximum atomic E-state index is 5.07. The Morgan fingerprint density at radius 3 is 3.20 bits per heavy atom. The van der Waals surface area contributed by atoms with Crippen LogP contribution in [0, 0.1) is 10.8 Å². The molecule has 2 aromatic rings. The van der Waals surface area contributed by atoms with E-state index in [1.165, 1.54) is 4.70 Å². The third-order valence-electron chi connectivity index (χ3n) is 1.24. The van der Waals surface area contributed by atoms with Crippen molar-refractivity contribution in [1.29, 1.82) is 0 Å². The zero-order valence-corrected chi connectivity index (χ0v) is 6.94. The largest absolute Gasteiger partial charge is 0.494 e. The van der Waals surface area contributed by atoms with Crippen LogP contribution < -0.4 is 4.74 Å². The van der Waals surface area contributed by atoms with Crippen LogP contribution in [0.25, 0.3) is 9.40 Å². The lowest BCUT2D eigenvalue weighted by atomic mass is 10.5. The molecular formula is C7H4OS2. The summed E-state index contributed by atoms with van der Waals surface area (Å²) >= 11 is 3.15. The van der Waals surface area contributed by atoms with E-state index in [4.69, 9.17) is 4.74 Å². The molecule has 2 rings (SSSR count). The van der Waals surface area contributed by atoms with Gasteiger partial charge in [0.25, 0.3) is 0 Å². The second-order valence-corrected chi connectivity index (χ2v) is 3.49. The van der Waals surface area contributed by atoms with Gasteiger partial charge in [-0.3, -0.25) is 0 Å². The van der Waals surface area contributed by atoms with Gasteiger partial charge in [0, 0.05) is 5.38 Å². The summed E-state index contributed by atoms with van der Waals surface area (Å²) in [6.45, 7) is 0. The molecule has 0 amide bonds. The molecule has 0 aliphatic carbocycles. The molecule has 2 aromatic heterocycles. The van der Waals surface area contributed by atoms with Gasteiger partial charge in [0.2, 0.25) is 0 Å². The fourth-order valence-corrected chi connectivity index (χ4v) is 2.54. The number of hydrogen-bond donors (Lipinski definition) is 0. The van der Waals surface area contributed by atoms with Crippen molar-refractivity contribution in [2.75, 3.05) is 7.11 Å². The first-order chi connectivity index (χ1) is 4.92. The van der Waals surface area contributed by atoms with Gasteiger partial charge in [0.1, 0.15) is 0 Å². The van der Waals surface area contributed by atoms with Crippen molar-refractivity contribution in [3.8, 4) is 5.75 Å². The third kappa shape index (κ3) is 0.744. The maximum absolute atomic E-state index is 5.07. The normalized spacial score (nSPS) is 10.5. The minimum absolute atomic E-state index is 0.853. The summed E-state index contributed by atoms with van der Waals surface area (Å²) in [5, 5.41) is 6.10. The van der Waals surface area contributed by atoms with E-state index in [0.29, 0.717) is 0 Å². The van der Waals surface area contributed by atoms with Crippen LogP contribution in [-0.4, -0.2) is 7.11 Å². The van der Waals surface area contributed by atoms with Crippen molar-refractivity contribution in [3.63, 3.8) is 0 Å². The molecule has 0 bridgehead atoms. The van der Waals surface area contributed by atoms with Crippen LogP contribution in [0.3, 0.4) is 0 Å². The monoisotopic (exact) mass is 168 g/mol. The Hall–Kier alpha value is -0.540. The maximum Gasteiger partial charge on any atom is 0.156 e. The van der Waals surface area contributed by atoms with Crippen molar-refractivity contribution in [2.45, 2.75) is 0 Å². The summed E-state index contributed by atoms with van der Waals surface area (Å²) in [6.07, 6.45) is 0. The van der Waals surface area contributed by atoms with Gasteiger partial charge >= 0.3 is 0 Å². The molecule has 3 heteroatoms. The van der Waals surface area contributed by atoms with E-state index >= 15 is 0 Å². The fourth-order valence-electron chi connectivity index (χ4n) is 0.774. The summed E-state index contributed by atoms with van der Waals surface area (Å²) in [7, 11) is 1.66. The number of ether oxygens (including phenoxy) is 1. The quantitative estimate of drug-likeness (QED) is 0.636. The molecule has 0 N–H and O–H groups in total. The topological polar surface area (TPSA) is 9.23 Å². The van der Waals surface area contributed by atoms with Crippen LogP contribution >= 0.6 is 22.7 Å². The Kier molecular flexibility index (Phi) is 1.39. The minimum Gasteiger partial charge on any atom is -0.494 e. The van der Waals surface area contributed by atoms with Gasteiger partial charge in [-0.2, -0.15) is 0 Å². The Morgan fingerprint density at radius 1 is 1.50 bits per heavy atom. The molecular weight excluding hydrogens is 164 g/mol. The number of rotatable bonds is 1. The van der Waals surface area contributed by atoms with Crippen molar-refractivity contribution >= 4 is 32.1 Å². The Bertz CT molecular complexity index is 334. The lowest BCUT2D eigenvalue weighted by Gasteiger charge is -1.89. The van der Waals surface area contributed by atoms with Crippen molar-refractivity contribution < 1.29 is 4.74 Å². The van der Waals surface area contributed by atoms with Gasteiger partial charge in [0.15, 0.2) is 5.75 Å². The Labute approximate surface area is 66.9 Å². The molecule has 0 saturated heterocycles. The van der Waals surface area contributed by atoms with E-state index in [9.17, 15) is 0 Å². The third-order valence-corrected chi connectivity index (χ3v) is 3.04. The standard InChI is InChI=1S/C7H4OS2/c1-8-5-4-10-6-2-3-9-7(5)6/h2H,1H3. The molecule has 10 heavy (non-hydrogen) atoms. The van der Waals surface area contributed by atoms with Crippen LogP contribution in [0.15, 0.2) is 6.07 Å². The highest BCUT2D eigenvalue weighted by Gasteiger charge is 2.04. The summed E-state index contributed by atoms with van der Waals surface area (Å²) < 4.78 is 7.44. The predicted octanol–water partition coefficient (Wildman–Crippen LogP) is 2.57. The SMILES string of the molecule is COc1[c]sc2c[c]sc12. The van der Waals surface area contributed by atoms with Gasteiger partial charge in [0.05, 0.1) is 21.9 Å². The predicted molar refractivity (Wildman–Crippen MR) is 43.9 cm³/mol. The minimum atomic E-state index is 0.853. The van der Waals surface area contributed by atoms with E-state index in [-0.39, 0.29) is 0 Å². The van der Waals surface area contributed by atoms with Gasteiger partial charge in [-0.1, -0.05) is 0 Å². The van der Waals surface area contributed by atoms with Crippen LogP contribution in [0.1, 0.15) is 0 Å². The van der Waals surface area contributed by atoms with Crippen LogP contribution in [0.4, 0.5) is 0 Å². The molecule has 0 saturated carbocycles. The highest BCUT2D eigenvalue weighted by Crippen LogP contribution is 2.34. The van der Waals surface area contributed by atoms with E-state index < -0.39 is 0 Å². The Balaban J connectivity index is 2.76. The molecule has 0 unspecified atom stereocenters. The molecule has 1 nitrogen and oxygen atoms in total. The van der Waals surface area contributed by atoms with Gasteiger partial charge in [-0.25, -0.2) is 0 Å². The van der Waals surface area contributed by atoms with Crippen LogP contribution in [-0.2, 0) is 0 Å². The second-order valence-electron chi connectivity index (χ2n) is 1.79. The summed E-state index contributed by atoms with van der Waals surface area (Å²) in [5.74, 6) is 0.853. The summed E-state index contributed by atoms with van der Waals surface area (Å²) in [5.41, 5.74) is 0. The van der Waals surface area contributed by atoms with E-state index in [0.717, 1.165) is 10.4 Å².